The summed E-state index contributed by atoms with van der Waals surface area (Å²) >= 11 is 5.16. The molecule has 26 heteroatoms. The molecule has 4 aromatic heterocycles. The van der Waals surface area contributed by atoms with Gasteiger partial charge in [-0.1, -0.05) is 0 Å². The molecule has 3 fully saturated rings. The monoisotopic (exact) mass is 706 g/mol. The molecule has 2 unspecified atom stereocenters. The number of anilines is 2. The topological polar surface area (TPSA) is 333 Å². The second-order valence-corrected chi connectivity index (χ2v) is 14.5. The molecule has 7 rings (SSSR count). The third-order valence-electron chi connectivity index (χ3n) is 7.39. The van der Waals surface area contributed by atoms with E-state index in [9.17, 15) is 34.2 Å². The van der Waals surface area contributed by atoms with Crippen LogP contribution in [0.1, 0.15) is 12.5 Å². The van der Waals surface area contributed by atoms with Gasteiger partial charge in [-0.25, -0.2) is 14.5 Å². The molecule has 0 aliphatic carbocycles. The van der Waals surface area contributed by atoms with Gasteiger partial charge in [-0.3, -0.25) is 42.3 Å². The van der Waals surface area contributed by atoms with Crippen LogP contribution in [0.4, 0.5) is 11.9 Å². The van der Waals surface area contributed by atoms with Gasteiger partial charge in [0.15, 0.2) is 34.8 Å². The van der Waals surface area contributed by atoms with Gasteiger partial charge in [0.25, 0.3) is 11.1 Å². The summed E-state index contributed by atoms with van der Waals surface area (Å²) in [4.78, 5) is 66.8. The lowest BCUT2D eigenvalue weighted by atomic mass is 10.1. The molecule has 0 radical (unpaired) electrons. The van der Waals surface area contributed by atoms with Crippen molar-refractivity contribution in [3.05, 3.63) is 33.4 Å². The molecule has 0 amide bonds. The molecule has 0 saturated carbocycles. The van der Waals surface area contributed by atoms with Crippen molar-refractivity contribution in [2.24, 2.45) is 0 Å². The van der Waals surface area contributed by atoms with Crippen LogP contribution in [0, 0.1) is 0 Å². The Morgan fingerprint density at radius 2 is 1.37 bits per heavy atom. The highest BCUT2D eigenvalue weighted by Gasteiger charge is 2.53. The fourth-order valence-corrected chi connectivity index (χ4v) is 7.75. The lowest BCUT2D eigenvalue weighted by Crippen LogP contribution is -2.36. The molecule has 3 saturated heterocycles. The molecule has 10 N–H and O–H groups in total. The van der Waals surface area contributed by atoms with Crippen LogP contribution in [0.15, 0.2) is 22.2 Å². The van der Waals surface area contributed by atoms with Crippen LogP contribution in [0.3, 0.4) is 0 Å². The van der Waals surface area contributed by atoms with Crippen LogP contribution < -0.4 is 22.6 Å². The summed E-state index contributed by atoms with van der Waals surface area (Å²) < 4.78 is 48.9. The molecule has 3 aliphatic rings. The smallest absolute Gasteiger partial charge is 0.387 e. The lowest BCUT2D eigenvalue weighted by molar-refractivity contribution is -0.0647. The van der Waals surface area contributed by atoms with Crippen LogP contribution in [0.2, 0.25) is 0 Å². The molecule has 4 aromatic rings. The summed E-state index contributed by atoms with van der Waals surface area (Å²) in [6.07, 6.45) is -9.97. The van der Waals surface area contributed by atoms with Crippen molar-refractivity contribution in [1.29, 1.82) is 0 Å². The zero-order valence-electron chi connectivity index (χ0n) is 22.8. The van der Waals surface area contributed by atoms with Crippen molar-refractivity contribution in [1.82, 2.24) is 39.0 Å². The number of ether oxygens (including phenoxy) is 2. The average Bonchev–Trinajstić information content (AvgIpc) is 3.72. The minimum Gasteiger partial charge on any atom is -0.387 e. The first kappa shape index (κ1) is 31.4. The maximum absolute atomic E-state index is 13.2. The Morgan fingerprint density at radius 3 is 1.98 bits per heavy atom. The normalized spacial score (nSPS) is 37.1. The number of aromatic amines is 2. The number of aliphatic hydroxyl groups is 2. The van der Waals surface area contributed by atoms with E-state index in [0.717, 1.165) is 21.8 Å². The molecule has 46 heavy (non-hydrogen) atoms. The number of aromatic nitrogens is 8. The molecule has 10 atom stereocenters. The molecule has 7 heterocycles. The van der Waals surface area contributed by atoms with Gasteiger partial charge in [0.2, 0.25) is 11.9 Å². The maximum atomic E-state index is 13.2. The number of nitrogens with zero attached hydrogens (tertiary/aromatic N) is 6. The van der Waals surface area contributed by atoms with Gasteiger partial charge >= 0.3 is 14.5 Å². The minimum absolute atomic E-state index is 0.0742. The Labute approximate surface area is 258 Å². The number of nitrogen functional groups attached to an aromatic ring is 2. The quantitative estimate of drug-likeness (QED) is 0.0967. The Kier molecular flexibility index (Phi) is 7.64. The molecule has 23 nitrogen and oxygen atoms in total. The first-order valence-electron chi connectivity index (χ1n) is 13.1. The Bertz CT molecular complexity index is 2050. The van der Waals surface area contributed by atoms with Crippen molar-refractivity contribution in [2.75, 3.05) is 24.7 Å². The largest absolute Gasteiger partial charge is 0.472 e. The van der Waals surface area contributed by atoms with E-state index < -0.39 is 88.0 Å². The highest BCUT2D eigenvalue weighted by Crippen LogP contribution is 2.53. The fraction of sp³-hybridized carbons (Fsp3) is 0.500. The first-order valence-corrected chi connectivity index (χ1v) is 17.2. The van der Waals surface area contributed by atoms with Gasteiger partial charge < -0.3 is 45.5 Å². The number of hydrogen-bond acceptors (Lipinski definition) is 18. The van der Waals surface area contributed by atoms with Crippen LogP contribution >= 0.6 is 14.5 Å². The van der Waals surface area contributed by atoms with Gasteiger partial charge in [-0.15, -0.1) is 0 Å². The summed E-state index contributed by atoms with van der Waals surface area (Å²) in [6.45, 7) is -5.72. The lowest BCUT2D eigenvalue weighted by Gasteiger charge is -2.27. The number of nitrogens with one attached hydrogen (secondary N) is 2. The zero-order chi connectivity index (χ0) is 32.7. The van der Waals surface area contributed by atoms with Gasteiger partial charge in [0, 0.05) is 0 Å². The molecule has 3 aliphatic heterocycles. The van der Waals surface area contributed by atoms with E-state index in [0.29, 0.717) is 0 Å². The molecule has 2 bridgehead atoms. The SMILES string of the molecule is Nc1nc2c(ncn2[C@@H]2O[C@@H]3COP(=O)(O)O[C@@H]4[C@H](O)[C@@H](COP(O)(=S)O[C@H]3[C@H]2O)O[C@H]4n2cnc3c(=O)[nH]c(N)nc32)c(=O)[nH]1. The molecule has 0 aromatic carbocycles. The minimum atomic E-state index is -5.11. The van der Waals surface area contributed by atoms with Gasteiger partial charge in [0.1, 0.15) is 36.6 Å². The Morgan fingerprint density at radius 1 is 0.826 bits per heavy atom. The molecule has 248 valence electrons. The summed E-state index contributed by atoms with van der Waals surface area (Å²) in [5.74, 6) is -0.522. The third-order valence-corrected chi connectivity index (χ3v) is 9.93. The fourth-order valence-electron chi connectivity index (χ4n) is 5.37. The highest BCUT2D eigenvalue weighted by molar-refractivity contribution is 8.07. The predicted molar refractivity (Wildman–Crippen MR) is 153 cm³/mol. The van der Waals surface area contributed by atoms with E-state index >= 15 is 0 Å². The summed E-state index contributed by atoms with van der Waals surface area (Å²) in [6, 6.07) is 0. The number of phosphoric acid groups is 1. The molecule has 0 spiro atoms. The van der Waals surface area contributed by atoms with Crippen molar-refractivity contribution in [3.8, 4) is 0 Å². The van der Waals surface area contributed by atoms with E-state index in [-0.39, 0.29) is 34.2 Å². The number of phosphoric ester groups is 1. The van der Waals surface area contributed by atoms with E-state index in [4.69, 9.17) is 50.8 Å². The number of fused-ring (bicyclic) bond motifs is 5. The predicted octanol–water partition coefficient (Wildman–Crippen LogP) is -2.93. The maximum Gasteiger partial charge on any atom is 0.472 e. The van der Waals surface area contributed by atoms with Crippen molar-refractivity contribution < 1.29 is 52.1 Å². The van der Waals surface area contributed by atoms with Gasteiger partial charge in [-0.05, 0) is 11.8 Å². The number of rotatable bonds is 2. The highest BCUT2D eigenvalue weighted by atomic mass is 32.5. The van der Waals surface area contributed by atoms with Crippen LogP contribution in [0.5, 0.6) is 0 Å². The van der Waals surface area contributed by atoms with Gasteiger partial charge in [0.05, 0.1) is 25.9 Å². The average molecular weight is 706 g/mol. The van der Waals surface area contributed by atoms with E-state index in [1.54, 1.807) is 0 Å². The Hall–Kier alpha value is -3.22. The van der Waals surface area contributed by atoms with Crippen LogP contribution in [0.25, 0.3) is 22.3 Å². The standard InChI is InChI=1S/C20H24N10O13P2S/c21-19-25-13-7(15(33)27-19)23-3-29(13)17-10(32)11-6(41-17)2-38-44(35,36)42-12-9(31)5(1-39-45(37,46)43-11)40-18(12)30-4-24-8-14(30)26-20(22)28-16(8)34/h3-6,9-12,17-18,31-32H,1-2H2,(H,35,36)(H,37,46)(H3,21,25,27,33)(H3,22,26,28,34)/t5-,6-,9-,10-,11-,12-,17-,18-,45?/m1/s1. The second-order valence-electron chi connectivity index (χ2n) is 10.3. The van der Waals surface area contributed by atoms with Gasteiger partial charge in [-0.2, -0.15) is 9.97 Å². The summed E-state index contributed by atoms with van der Waals surface area (Å²) in [5.41, 5.74) is 9.51. The third kappa shape index (κ3) is 5.45. The Balaban J connectivity index is 1.21. The molecular weight excluding hydrogens is 682 g/mol. The van der Waals surface area contributed by atoms with E-state index in [1.165, 1.54) is 0 Å². The number of imidazole rings is 2. The zero-order valence-corrected chi connectivity index (χ0v) is 25.4. The second kappa shape index (κ2) is 11.2. The summed E-state index contributed by atoms with van der Waals surface area (Å²) in [7, 11) is -5.11. The number of H-pyrrole nitrogens is 2. The summed E-state index contributed by atoms with van der Waals surface area (Å²) in [5, 5.41) is 22.3. The number of nitrogens with two attached hydrogens (primary N) is 2. The number of aliphatic hydroxyl groups excluding tert-OH is 2. The number of hydrogen-bond donors (Lipinski definition) is 8. The molecular formula is C20H24N10O13P2S. The van der Waals surface area contributed by atoms with Crippen molar-refractivity contribution in [2.45, 2.75) is 49.1 Å². The first-order chi connectivity index (χ1) is 21.7. The van der Waals surface area contributed by atoms with Crippen molar-refractivity contribution >= 4 is 60.6 Å². The van der Waals surface area contributed by atoms with Crippen LogP contribution in [-0.4, -0.2) is 109 Å². The van der Waals surface area contributed by atoms with E-state index in [2.05, 4.69) is 29.9 Å². The van der Waals surface area contributed by atoms with Crippen LogP contribution in [-0.2, 0) is 43.9 Å². The van der Waals surface area contributed by atoms with Crippen molar-refractivity contribution in [3.63, 3.8) is 0 Å². The van der Waals surface area contributed by atoms with E-state index in [1.807, 2.05) is 0 Å².